The fourth-order valence-corrected chi connectivity index (χ4v) is 3.25. The van der Waals surface area contributed by atoms with Crippen LogP contribution in [0.25, 0.3) is 16.7 Å². The van der Waals surface area contributed by atoms with Crippen LogP contribution < -0.4 is 10.9 Å². The lowest BCUT2D eigenvalue weighted by atomic mass is 9.94. The third kappa shape index (κ3) is 2.49. The Balaban J connectivity index is 0.00000156. The van der Waals surface area contributed by atoms with Gasteiger partial charge in [-0.1, -0.05) is 0 Å². The number of aryl methyl sites for hydroxylation is 2. The number of nitrogens with one attached hydrogen (secondary N) is 2. The normalized spacial score (nSPS) is 15.9. The summed E-state index contributed by atoms with van der Waals surface area (Å²) < 4.78 is 1.83. The molecule has 0 unspecified atom stereocenters. The number of H-pyrrole nitrogens is 1. The van der Waals surface area contributed by atoms with Crippen molar-refractivity contribution in [1.82, 2.24) is 30.1 Å². The molecule has 4 heterocycles. The van der Waals surface area contributed by atoms with Crippen LogP contribution >= 0.6 is 12.4 Å². The third-order valence-corrected chi connectivity index (χ3v) is 4.60. The van der Waals surface area contributed by atoms with E-state index in [9.17, 15) is 4.79 Å². The summed E-state index contributed by atoms with van der Waals surface area (Å²) >= 11 is 0. The molecule has 1 saturated heterocycles. The molecule has 0 amide bonds. The van der Waals surface area contributed by atoms with E-state index >= 15 is 0 Å². The lowest BCUT2D eigenvalue weighted by Crippen LogP contribution is -2.28. The molecule has 8 heteroatoms. The van der Waals surface area contributed by atoms with Gasteiger partial charge in [0.15, 0.2) is 11.3 Å². The average Bonchev–Trinajstić information content (AvgIpc) is 2.90. The summed E-state index contributed by atoms with van der Waals surface area (Å²) in [5.74, 6) is 0.336. The molecule has 122 valence electrons. The molecule has 23 heavy (non-hydrogen) atoms. The van der Waals surface area contributed by atoms with Gasteiger partial charge in [-0.3, -0.25) is 9.89 Å². The van der Waals surface area contributed by atoms with Gasteiger partial charge in [0.1, 0.15) is 0 Å². The number of piperidine rings is 1. The lowest BCUT2D eigenvalue weighted by Gasteiger charge is -2.22. The SMILES string of the molecule is Cc1n[nH]c2nn3c(C4CCNCC4)cc(=O)nc3c2c1C.Cl. The maximum atomic E-state index is 12.1. The quantitative estimate of drug-likeness (QED) is 0.703. The molecule has 0 atom stereocenters. The van der Waals surface area contributed by atoms with Crippen LogP contribution in [0.2, 0.25) is 0 Å². The number of hydrogen-bond acceptors (Lipinski definition) is 5. The standard InChI is InChI=1S/C15H18N6O.ClH/c1-8-9(2)18-19-14-13(8)15-17-12(22)7-11(21(15)20-14)10-3-5-16-6-4-10;/h7,10,16H,3-6H2,1-2H3,(H,19,20);1H. The van der Waals surface area contributed by atoms with Crippen molar-refractivity contribution in [3.8, 4) is 0 Å². The van der Waals surface area contributed by atoms with Gasteiger partial charge in [0.2, 0.25) is 0 Å². The van der Waals surface area contributed by atoms with Crippen molar-refractivity contribution >= 4 is 29.1 Å². The van der Waals surface area contributed by atoms with Crippen LogP contribution in [0.1, 0.15) is 35.7 Å². The molecule has 0 aromatic carbocycles. The number of halogens is 1. The Labute approximate surface area is 138 Å². The van der Waals surface area contributed by atoms with Crippen LogP contribution in [0.15, 0.2) is 10.9 Å². The van der Waals surface area contributed by atoms with Crippen molar-refractivity contribution < 1.29 is 0 Å². The Morgan fingerprint density at radius 1 is 1.26 bits per heavy atom. The van der Waals surface area contributed by atoms with Gasteiger partial charge in [0.25, 0.3) is 5.56 Å². The maximum absolute atomic E-state index is 12.1. The van der Waals surface area contributed by atoms with E-state index in [1.54, 1.807) is 6.07 Å². The number of hydrogen-bond donors (Lipinski definition) is 2. The van der Waals surface area contributed by atoms with Gasteiger partial charge in [-0.25, -0.2) is 4.52 Å². The van der Waals surface area contributed by atoms with Gasteiger partial charge in [0.05, 0.1) is 16.8 Å². The van der Waals surface area contributed by atoms with E-state index in [0.29, 0.717) is 17.2 Å². The van der Waals surface area contributed by atoms with E-state index in [1.165, 1.54) is 0 Å². The maximum Gasteiger partial charge on any atom is 0.273 e. The largest absolute Gasteiger partial charge is 0.317 e. The minimum atomic E-state index is -0.198. The second-order valence-electron chi connectivity index (χ2n) is 5.94. The Hall–Kier alpha value is -1.99. The summed E-state index contributed by atoms with van der Waals surface area (Å²) in [6.07, 6.45) is 2.02. The highest BCUT2D eigenvalue weighted by Gasteiger charge is 2.22. The van der Waals surface area contributed by atoms with Crippen LogP contribution in [0, 0.1) is 13.8 Å². The zero-order chi connectivity index (χ0) is 15.3. The van der Waals surface area contributed by atoms with Gasteiger partial charge in [-0.05, 0) is 45.3 Å². The van der Waals surface area contributed by atoms with Crippen molar-refractivity contribution in [2.75, 3.05) is 13.1 Å². The third-order valence-electron chi connectivity index (χ3n) is 4.60. The van der Waals surface area contributed by atoms with Gasteiger partial charge in [-0.15, -0.1) is 17.5 Å². The molecule has 2 N–H and O–H groups in total. The van der Waals surface area contributed by atoms with Crippen LogP contribution in [0.5, 0.6) is 0 Å². The zero-order valence-electron chi connectivity index (χ0n) is 13.1. The topological polar surface area (TPSA) is 88.0 Å². The summed E-state index contributed by atoms with van der Waals surface area (Å²) in [5.41, 5.74) is 3.98. The Morgan fingerprint density at radius 2 is 2.00 bits per heavy atom. The van der Waals surface area contributed by atoms with Crippen molar-refractivity contribution in [1.29, 1.82) is 0 Å². The van der Waals surface area contributed by atoms with Crippen molar-refractivity contribution in [3.05, 3.63) is 33.4 Å². The van der Waals surface area contributed by atoms with Gasteiger partial charge in [0, 0.05) is 12.0 Å². The van der Waals surface area contributed by atoms with Crippen LogP contribution in [0.3, 0.4) is 0 Å². The highest BCUT2D eigenvalue weighted by molar-refractivity contribution is 5.92. The molecule has 3 aromatic heterocycles. The molecule has 3 aromatic rings. The molecular weight excluding hydrogens is 316 g/mol. The van der Waals surface area contributed by atoms with Crippen molar-refractivity contribution in [3.63, 3.8) is 0 Å². The zero-order valence-corrected chi connectivity index (χ0v) is 13.9. The Morgan fingerprint density at radius 3 is 2.74 bits per heavy atom. The van der Waals surface area contributed by atoms with Gasteiger partial charge >= 0.3 is 0 Å². The van der Waals surface area contributed by atoms with Gasteiger partial charge in [-0.2, -0.15) is 10.1 Å². The molecule has 7 nitrogen and oxygen atoms in total. The number of aromatic nitrogens is 5. The van der Waals surface area contributed by atoms with E-state index in [2.05, 4.69) is 25.6 Å². The fourth-order valence-electron chi connectivity index (χ4n) is 3.25. The number of rotatable bonds is 1. The summed E-state index contributed by atoms with van der Waals surface area (Å²) in [5, 5.41) is 16.1. The molecule has 0 spiro atoms. The summed E-state index contributed by atoms with van der Waals surface area (Å²) in [4.78, 5) is 16.3. The number of fused-ring (bicyclic) bond motifs is 3. The first-order chi connectivity index (χ1) is 10.6. The molecular formula is C15H19ClN6O. The van der Waals surface area contributed by atoms with Crippen LogP contribution in [-0.2, 0) is 0 Å². The van der Waals surface area contributed by atoms with Crippen LogP contribution in [-0.4, -0.2) is 37.9 Å². The first-order valence-corrected chi connectivity index (χ1v) is 7.61. The smallest absolute Gasteiger partial charge is 0.273 e. The van der Waals surface area contributed by atoms with E-state index in [1.807, 2.05) is 18.4 Å². The Kier molecular flexibility index (Phi) is 4.08. The van der Waals surface area contributed by atoms with Crippen molar-refractivity contribution in [2.45, 2.75) is 32.6 Å². The fraction of sp³-hybridized carbons (Fsp3) is 0.467. The Bertz CT molecular complexity index is 925. The van der Waals surface area contributed by atoms with E-state index in [-0.39, 0.29) is 18.0 Å². The van der Waals surface area contributed by atoms with Crippen LogP contribution in [0.4, 0.5) is 0 Å². The first kappa shape index (κ1) is 15.9. The number of nitrogens with zero attached hydrogens (tertiary/aromatic N) is 4. The first-order valence-electron chi connectivity index (χ1n) is 7.61. The highest BCUT2D eigenvalue weighted by Crippen LogP contribution is 2.27. The minimum absolute atomic E-state index is 0. The summed E-state index contributed by atoms with van der Waals surface area (Å²) in [6.45, 7) is 5.86. The predicted molar refractivity (Wildman–Crippen MR) is 90.5 cm³/mol. The highest BCUT2D eigenvalue weighted by atomic mass is 35.5. The summed E-state index contributed by atoms with van der Waals surface area (Å²) in [6, 6.07) is 1.63. The lowest BCUT2D eigenvalue weighted by molar-refractivity contribution is 0.446. The molecule has 4 rings (SSSR count). The average molecular weight is 335 g/mol. The number of aromatic amines is 1. The predicted octanol–water partition coefficient (Wildman–Crippen LogP) is 1.47. The second-order valence-corrected chi connectivity index (χ2v) is 5.94. The van der Waals surface area contributed by atoms with Gasteiger partial charge < -0.3 is 5.32 Å². The van der Waals surface area contributed by atoms with E-state index in [4.69, 9.17) is 0 Å². The minimum Gasteiger partial charge on any atom is -0.317 e. The van der Waals surface area contributed by atoms with E-state index in [0.717, 1.165) is 48.3 Å². The van der Waals surface area contributed by atoms with E-state index < -0.39 is 0 Å². The molecule has 0 aliphatic carbocycles. The molecule has 0 bridgehead atoms. The van der Waals surface area contributed by atoms with Crippen molar-refractivity contribution in [2.24, 2.45) is 0 Å². The molecule has 1 aliphatic heterocycles. The second kappa shape index (κ2) is 5.90. The molecule has 1 aliphatic rings. The monoisotopic (exact) mass is 334 g/mol. The molecule has 1 fully saturated rings. The summed E-state index contributed by atoms with van der Waals surface area (Å²) in [7, 11) is 0. The molecule has 0 saturated carbocycles. The molecule has 0 radical (unpaired) electrons.